The van der Waals surface area contributed by atoms with Crippen LogP contribution in [0.4, 0.5) is 0 Å². The van der Waals surface area contributed by atoms with Gasteiger partial charge < -0.3 is 14.2 Å². The molecule has 0 aromatic rings. The molecule has 0 bridgehead atoms. The van der Waals surface area contributed by atoms with Crippen molar-refractivity contribution in [1.82, 2.24) is 0 Å². The predicted molar refractivity (Wildman–Crippen MR) is 269 cm³/mol. The van der Waals surface area contributed by atoms with Crippen molar-refractivity contribution in [3.05, 3.63) is 122 Å². The second-order valence-corrected chi connectivity index (χ2v) is 15.9. The first-order valence-electron chi connectivity index (χ1n) is 25.1. The van der Waals surface area contributed by atoms with Crippen LogP contribution in [0.1, 0.15) is 201 Å². The largest absolute Gasteiger partial charge is 0.462 e. The van der Waals surface area contributed by atoms with Crippen molar-refractivity contribution in [2.45, 2.75) is 207 Å². The molecule has 0 aliphatic carbocycles. The highest BCUT2D eigenvalue weighted by atomic mass is 16.6. The van der Waals surface area contributed by atoms with Gasteiger partial charge in [0.15, 0.2) is 6.10 Å². The first-order chi connectivity index (χ1) is 30.6. The molecule has 0 saturated heterocycles. The van der Waals surface area contributed by atoms with Crippen LogP contribution >= 0.6 is 0 Å². The number of carbonyl (C=O) groups excluding carboxylic acids is 2. The van der Waals surface area contributed by atoms with E-state index >= 15 is 0 Å². The van der Waals surface area contributed by atoms with E-state index in [0.29, 0.717) is 19.4 Å². The van der Waals surface area contributed by atoms with Crippen LogP contribution in [0.25, 0.3) is 0 Å². The Morgan fingerprint density at radius 2 is 0.758 bits per heavy atom. The van der Waals surface area contributed by atoms with Gasteiger partial charge in [0.25, 0.3) is 0 Å². The zero-order valence-corrected chi connectivity index (χ0v) is 40.1. The molecule has 5 heteroatoms. The third kappa shape index (κ3) is 49.0. The third-order valence-corrected chi connectivity index (χ3v) is 9.98. The number of esters is 2. The lowest BCUT2D eigenvalue weighted by molar-refractivity contribution is -0.162. The number of rotatable bonds is 44. The number of allylic oxidation sites excluding steroid dienone is 20. The van der Waals surface area contributed by atoms with Gasteiger partial charge in [-0.3, -0.25) is 9.59 Å². The van der Waals surface area contributed by atoms with Gasteiger partial charge in [-0.1, -0.05) is 194 Å². The Morgan fingerprint density at radius 3 is 1.23 bits per heavy atom. The molecule has 0 aromatic carbocycles. The van der Waals surface area contributed by atoms with E-state index in [9.17, 15) is 9.59 Å². The molecule has 0 aliphatic rings. The summed E-state index contributed by atoms with van der Waals surface area (Å²) < 4.78 is 17.3. The van der Waals surface area contributed by atoms with Gasteiger partial charge in [-0.2, -0.15) is 0 Å². The van der Waals surface area contributed by atoms with Crippen LogP contribution in [0.2, 0.25) is 0 Å². The molecule has 0 radical (unpaired) electrons. The molecule has 0 heterocycles. The Morgan fingerprint density at radius 1 is 0.371 bits per heavy atom. The topological polar surface area (TPSA) is 61.8 Å². The van der Waals surface area contributed by atoms with Crippen LogP contribution in [0, 0.1) is 0 Å². The number of unbranched alkanes of at least 4 members (excludes halogenated alkanes) is 13. The summed E-state index contributed by atoms with van der Waals surface area (Å²) in [7, 11) is 0. The zero-order valence-electron chi connectivity index (χ0n) is 40.1. The fourth-order valence-electron chi connectivity index (χ4n) is 6.31. The summed E-state index contributed by atoms with van der Waals surface area (Å²) in [5.41, 5.74) is 0. The van der Waals surface area contributed by atoms with Crippen molar-refractivity contribution < 1.29 is 23.8 Å². The minimum Gasteiger partial charge on any atom is -0.462 e. The Bertz CT molecular complexity index is 1290. The Balaban J connectivity index is 4.44. The quantitative estimate of drug-likeness (QED) is 0.0347. The second-order valence-electron chi connectivity index (χ2n) is 15.9. The van der Waals surface area contributed by atoms with Crippen LogP contribution in [0.3, 0.4) is 0 Å². The average molecular weight is 857 g/mol. The second kappa shape index (κ2) is 51.6. The number of hydrogen-bond acceptors (Lipinski definition) is 5. The van der Waals surface area contributed by atoms with Gasteiger partial charge in [-0.25, -0.2) is 0 Å². The number of hydrogen-bond donors (Lipinski definition) is 0. The Kier molecular flexibility index (Phi) is 48.6. The molecule has 0 saturated carbocycles. The molecule has 1 atom stereocenters. The van der Waals surface area contributed by atoms with Gasteiger partial charge >= 0.3 is 11.9 Å². The summed E-state index contributed by atoms with van der Waals surface area (Å²) >= 11 is 0. The lowest BCUT2D eigenvalue weighted by Crippen LogP contribution is -2.30. The summed E-state index contributed by atoms with van der Waals surface area (Å²) in [4.78, 5) is 25.3. The summed E-state index contributed by atoms with van der Waals surface area (Å²) in [5, 5.41) is 0. The molecule has 350 valence electrons. The molecule has 0 fully saturated rings. The van der Waals surface area contributed by atoms with Crippen molar-refractivity contribution in [3.8, 4) is 0 Å². The molecule has 5 nitrogen and oxygen atoms in total. The summed E-state index contributed by atoms with van der Waals surface area (Å²) in [6.45, 7) is 7.40. The van der Waals surface area contributed by atoms with Gasteiger partial charge in [0.05, 0.1) is 6.61 Å². The highest BCUT2D eigenvalue weighted by Gasteiger charge is 2.17. The van der Waals surface area contributed by atoms with E-state index in [2.05, 4.69) is 136 Å². The lowest BCUT2D eigenvalue weighted by atomic mass is 10.1. The molecule has 0 aromatic heterocycles. The van der Waals surface area contributed by atoms with E-state index in [1.54, 1.807) is 0 Å². The van der Waals surface area contributed by atoms with Crippen LogP contribution in [-0.4, -0.2) is 37.9 Å². The predicted octanol–water partition coefficient (Wildman–Crippen LogP) is 17.0. The van der Waals surface area contributed by atoms with E-state index in [4.69, 9.17) is 14.2 Å². The highest BCUT2D eigenvalue weighted by molar-refractivity contribution is 5.70. The van der Waals surface area contributed by atoms with Crippen LogP contribution in [0.5, 0.6) is 0 Å². The third-order valence-electron chi connectivity index (χ3n) is 9.98. The molecule has 0 rings (SSSR count). The molecule has 0 amide bonds. The molecular weight excluding hydrogens is 765 g/mol. The standard InChI is InChI=1S/C57H92O5/c1-4-7-10-13-16-19-22-25-27-29-30-33-35-38-41-44-47-50-56(58)61-54-55(62-57(59)51-48-45-42-39-36-32-24-21-18-15-12-9-6-3)53-60-52-49-46-43-40-37-34-31-28-26-23-20-17-14-11-8-5-2/h8-9,11-12,16-21,25-28,32,34,36-37,42,45,55H,4-7,10,13-15,22-24,29-31,33,35,38-41,43-44,46-54H2,1-3H3/b11-8-,12-9-,19-16-,20-17-,21-18-,27-25-,28-26-,36-32-,37-34-,45-42-. The highest BCUT2D eigenvalue weighted by Crippen LogP contribution is 2.12. The van der Waals surface area contributed by atoms with Crippen LogP contribution in [0.15, 0.2) is 122 Å². The summed E-state index contributed by atoms with van der Waals surface area (Å²) in [6, 6.07) is 0. The molecule has 0 N–H and O–H groups in total. The molecule has 0 aliphatic heterocycles. The first-order valence-corrected chi connectivity index (χ1v) is 25.1. The fourth-order valence-corrected chi connectivity index (χ4v) is 6.31. The molecule has 62 heavy (non-hydrogen) atoms. The van der Waals surface area contributed by atoms with E-state index in [1.807, 2.05) is 6.08 Å². The van der Waals surface area contributed by atoms with E-state index < -0.39 is 6.10 Å². The normalized spacial score (nSPS) is 13.3. The maximum atomic E-state index is 12.7. The van der Waals surface area contributed by atoms with Crippen molar-refractivity contribution >= 4 is 11.9 Å². The molecule has 1 unspecified atom stereocenters. The minimum absolute atomic E-state index is 0.0318. The van der Waals surface area contributed by atoms with Crippen LogP contribution < -0.4 is 0 Å². The first kappa shape index (κ1) is 58.3. The Hall–Kier alpha value is -3.70. The lowest BCUT2D eigenvalue weighted by Gasteiger charge is -2.18. The smallest absolute Gasteiger partial charge is 0.306 e. The van der Waals surface area contributed by atoms with Crippen molar-refractivity contribution in [2.75, 3.05) is 19.8 Å². The maximum absolute atomic E-state index is 12.7. The molecular formula is C57H92O5. The average Bonchev–Trinajstić information content (AvgIpc) is 3.27. The maximum Gasteiger partial charge on any atom is 0.306 e. The summed E-state index contributed by atoms with van der Waals surface area (Å²) in [6.07, 6.45) is 72.2. The number of carbonyl (C=O) groups is 2. The van der Waals surface area contributed by atoms with Crippen LogP contribution in [-0.2, 0) is 23.8 Å². The SMILES string of the molecule is CC/C=C\C/C=C\C/C=C\C/C=C\CCCCCOCC(COC(=O)CCCCCCCCC/C=C\C/C=C\CCCCC)OC(=O)CC/C=C\C/C=C\C/C=C\C/C=C\CC. The van der Waals surface area contributed by atoms with E-state index in [0.717, 1.165) is 109 Å². The molecule has 0 spiro atoms. The minimum atomic E-state index is -0.602. The van der Waals surface area contributed by atoms with E-state index in [1.165, 1.54) is 51.4 Å². The Labute approximate surface area is 382 Å². The van der Waals surface area contributed by atoms with Gasteiger partial charge in [-0.05, 0) is 116 Å². The van der Waals surface area contributed by atoms with Gasteiger partial charge in [0, 0.05) is 19.4 Å². The van der Waals surface area contributed by atoms with Crippen molar-refractivity contribution in [3.63, 3.8) is 0 Å². The number of ether oxygens (including phenoxy) is 3. The zero-order chi connectivity index (χ0) is 44.9. The van der Waals surface area contributed by atoms with Crippen molar-refractivity contribution in [2.24, 2.45) is 0 Å². The van der Waals surface area contributed by atoms with E-state index in [-0.39, 0.29) is 31.6 Å². The van der Waals surface area contributed by atoms with Gasteiger partial charge in [0.2, 0.25) is 0 Å². The van der Waals surface area contributed by atoms with Gasteiger partial charge in [0.1, 0.15) is 6.61 Å². The van der Waals surface area contributed by atoms with Crippen molar-refractivity contribution in [1.29, 1.82) is 0 Å². The monoisotopic (exact) mass is 857 g/mol. The fraction of sp³-hybridized carbons (Fsp3) is 0.614. The van der Waals surface area contributed by atoms with Gasteiger partial charge in [-0.15, -0.1) is 0 Å². The summed E-state index contributed by atoms with van der Waals surface area (Å²) in [5.74, 6) is -0.527.